The molecule has 0 radical (unpaired) electrons. The van der Waals surface area contributed by atoms with Crippen molar-refractivity contribution in [3.63, 3.8) is 0 Å². The zero-order valence-corrected chi connectivity index (χ0v) is 15.0. The molecule has 130 valence electrons. The van der Waals surface area contributed by atoms with Crippen LogP contribution >= 0.6 is 11.3 Å². The zero-order valence-electron chi connectivity index (χ0n) is 14.2. The lowest BCUT2D eigenvalue weighted by Crippen LogP contribution is -2.30. The van der Waals surface area contributed by atoms with Crippen LogP contribution in [-0.2, 0) is 0 Å². The Labute approximate surface area is 154 Å². The minimum absolute atomic E-state index is 0.117. The largest absolute Gasteiger partial charge is 0.508 e. The maximum atomic E-state index is 9.91. The van der Waals surface area contributed by atoms with Gasteiger partial charge in [-0.2, -0.15) is 5.26 Å². The van der Waals surface area contributed by atoms with E-state index in [4.69, 9.17) is 10.1 Å². The Hall–Kier alpha value is -3.11. The van der Waals surface area contributed by atoms with Crippen molar-refractivity contribution in [1.82, 2.24) is 10.2 Å². The Bertz CT molecular complexity index is 1060. The number of hydrogen-bond acceptors (Lipinski definition) is 6. The van der Waals surface area contributed by atoms with Crippen LogP contribution in [0, 0.1) is 36.5 Å². The highest BCUT2D eigenvalue weighted by Gasteiger charge is 2.41. The molecule has 1 aromatic carbocycles. The second-order valence-electron chi connectivity index (χ2n) is 6.29. The van der Waals surface area contributed by atoms with Crippen molar-refractivity contribution in [3.05, 3.63) is 51.2 Å². The lowest BCUT2D eigenvalue weighted by atomic mass is 9.79. The molecule has 3 aromatic rings. The van der Waals surface area contributed by atoms with E-state index >= 15 is 0 Å². The number of phenols is 1. The Morgan fingerprint density at radius 3 is 2.81 bits per heavy atom. The molecule has 7 heteroatoms. The van der Waals surface area contributed by atoms with Gasteiger partial charge >= 0.3 is 0 Å². The summed E-state index contributed by atoms with van der Waals surface area (Å²) in [6.07, 6.45) is 0. The summed E-state index contributed by atoms with van der Waals surface area (Å²) < 4.78 is 5.53. The van der Waals surface area contributed by atoms with Gasteiger partial charge in [-0.15, -0.1) is 16.4 Å². The third kappa shape index (κ3) is 2.47. The SMILES string of the molecule is Cc1cc(-c2[nH]nc3c2C(c2cccc(O)c2)C(C#N)C(=N)O3)c(C)s1. The van der Waals surface area contributed by atoms with Crippen LogP contribution in [0.2, 0.25) is 0 Å². The van der Waals surface area contributed by atoms with E-state index in [1.165, 1.54) is 4.88 Å². The Morgan fingerprint density at radius 1 is 1.35 bits per heavy atom. The van der Waals surface area contributed by atoms with Gasteiger partial charge in [0.2, 0.25) is 11.8 Å². The molecule has 3 heterocycles. The molecule has 2 unspecified atom stereocenters. The Morgan fingerprint density at radius 2 is 2.15 bits per heavy atom. The van der Waals surface area contributed by atoms with Gasteiger partial charge in [0.25, 0.3) is 0 Å². The molecule has 0 spiro atoms. The van der Waals surface area contributed by atoms with Crippen molar-refractivity contribution >= 4 is 17.2 Å². The maximum absolute atomic E-state index is 9.91. The third-order valence-corrected chi connectivity index (χ3v) is 5.55. The number of ether oxygens (including phenoxy) is 1. The van der Waals surface area contributed by atoms with Gasteiger partial charge in [-0.25, -0.2) is 0 Å². The highest BCUT2D eigenvalue weighted by molar-refractivity contribution is 7.12. The lowest BCUT2D eigenvalue weighted by molar-refractivity contribution is 0.435. The zero-order chi connectivity index (χ0) is 18.4. The lowest BCUT2D eigenvalue weighted by Gasteiger charge is -2.28. The van der Waals surface area contributed by atoms with Crippen LogP contribution in [-0.4, -0.2) is 21.2 Å². The Balaban J connectivity index is 1.97. The summed E-state index contributed by atoms with van der Waals surface area (Å²) >= 11 is 1.69. The molecule has 0 saturated heterocycles. The number of fused-ring (bicyclic) bond motifs is 1. The fraction of sp³-hybridized carbons (Fsp3) is 0.211. The van der Waals surface area contributed by atoms with Gasteiger partial charge < -0.3 is 9.84 Å². The number of thiophene rings is 1. The number of aromatic nitrogens is 2. The molecular weight excluding hydrogens is 348 g/mol. The second kappa shape index (κ2) is 6.00. The van der Waals surface area contributed by atoms with Crippen molar-refractivity contribution in [1.29, 1.82) is 10.7 Å². The number of rotatable bonds is 2. The molecular formula is C19H16N4O2S. The first kappa shape index (κ1) is 16.4. The highest BCUT2D eigenvalue weighted by Crippen LogP contribution is 2.47. The van der Waals surface area contributed by atoms with Crippen molar-refractivity contribution in [2.45, 2.75) is 19.8 Å². The number of nitrogens with zero attached hydrogens (tertiary/aromatic N) is 2. The van der Waals surface area contributed by atoms with E-state index in [2.05, 4.69) is 22.3 Å². The van der Waals surface area contributed by atoms with E-state index in [0.29, 0.717) is 5.88 Å². The van der Waals surface area contributed by atoms with E-state index in [9.17, 15) is 10.4 Å². The Kier molecular flexibility index (Phi) is 3.78. The smallest absolute Gasteiger partial charge is 0.244 e. The fourth-order valence-corrected chi connectivity index (χ4v) is 4.41. The molecule has 2 atom stereocenters. The monoisotopic (exact) mass is 364 g/mol. The second-order valence-corrected chi connectivity index (χ2v) is 7.75. The predicted octanol–water partition coefficient (Wildman–Crippen LogP) is 4.10. The van der Waals surface area contributed by atoms with Crippen molar-refractivity contribution in [3.8, 4) is 29.0 Å². The normalized spacial score (nSPS) is 18.9. The van der Waals surface area contributed by atoms with Crippen molar-refractivity contribution in [2.75, 3.05) is 0 Å². The van der Waals surface area contributed by atoms with Crippen molar-refractivity contribution in [2.24, 2.45) is 5.92 Å². The summed E-state index contributed by atoms with van der Waals surface area (Å²) in [6.45, 7) is 4.08. The van der Waals surface area contributed by atoms with Gasteiger partial charge in [-0.1, -0.05) is 12.1 Å². The van der Waals surface area contributed by atoms with Crippen LogP contribution < -0.4 is 4.74 Å². The number of nitriles is 1. The van der Waals surface area contributed by atoms with Crippen molar-refractivity contribution < 1.29 is 9.84 Å². The van der Waals surface area contributed by atoms with Crippen LogP contribution in [0.4, 0.5) is 0 Å². The molecule has 0 saturated carbocycles. The minimum atomic E-state index is -0.791. The molecule has 1 aliphatic heterocycles. The fourth-order valence-electron chi connectivity index (χ4n) is 3.48. The average molecular weight is 364 g/mol. The quantitative estimate of drug-likeness (QED) is 0.636. The van der Waals surface area contributed by atoms with Gasteiger partial charge in [0.15, 0.2) is 0 Å². The van der Waals surface area contributed by atoms with Crippen LogP contribution in [0.3, 0.4) is 0 Å². The molecule has 6 nitrogen and oxygen atoms in total. The number of H-pyrrole nitrogens is 1. The minimum Gasteiger partial charge on any atom is -0.508 e. The molecule has 26 heavy (non-hydrogen) atoms. The maximum Gasteiger partial charge on any atom is 0.244 e. The molecule has 0 amide bonds. The van der Waals surface area contributed by atoms with Crippen LogP contribution in [0.15, 0.2) is 30.3 Å². The van der Waals surface area contributed by atoms with E-state index in [1.54, 1.807) is 29.5 Å². The van der Waals surface area contributed by atoms with Gasteiger partial charge in [0, 0.05) is 21.2 Å². The summed E-state index contributed by atoms with van der Waals surface area (Å²) in [5, 5.41) is 35.0. The van der Waals surface area contributed by atoms with Crippen LogP contribution in [0.1, 0.15) is 26.8 Å². The third-order valence-electron chi connectivity index (χ3n) is 4.58. The summed E-state index contributed by atoms with van der Waals surface area (Å²) in [6, 6.07) is 11.0. The first-order valence-corrected chi connectivity index (χ1v) is 8.91. The van der Waals surface area contributed by atoms with Crippen LogP contribution in [0.5, 0.6) is 11.6 Å². The summed E-state index contributed by atoms with van der Waals surface area (Å²) in [5.41, 5.74) is 3.31. The summed E-state index contributed by atoms with van der Waals surface area (Å²) in [7, 11) is 0. The topological polar surface area (TPSA) is 106 Å². The number of benzene rings is 1. The first-order chi connectivity index (χ1) is 12.5. The molecule has 0 fully saturated rings. The van der Waals surface area contributed by atoms with Gasteiger partial charge in [0.1, 0.15) is 11.7 Å². The van der Waals surface area contributed by atoms with Crippen LogP contribution in [0.25, 0.3) is 11.3 Å². The van der Waals surface area contributed by atoms with E-state index in [1.807, 2.05) is 19.9 Å². The van der Waals surface area contributed by atoms with E-state index in [0.717, 1.165) is 27.3 Å². The predicted molar refractivity (Wildman–Crippen MR) is 98.8 cm³/mol. The summed E-state index contributed by atoms with van der Waals surface area (Å²) in [4.78, 5) is 2.31. The first-order valence-electron chi connectivity index (χ1n) is 8.10. The number of hydrogen-bond donors (Lipinski definition) is 3. The number of nitrogens with one attached hydrogen (secondary N) is 2. The molecule has 4 rings (SSSR count). The number of aromatic amines is 1. The summed E-state index contributed by atoms with van der Waals surface area (Å²) in [5.74, 6) is -0.943. The van der Waals surface area contributed by atoms with Gasteiger partial charge in [-0.3, -0.25) is 10.5 Å². The molecule has 1 aliphatic rings. The molecule has 2 aromatic heterocycles. The number of aromatic hydroxyl groups is 1. The number of aryl methyl sites for hydroxylation is 2. The average Bonchev–Trinajstić information content (AvgIpc) is 3.15. The highest BCUT2D eigenvalue weighted by atomic mass is 32.1. The van der Waals surface area contributed by atoms with Gasteiger partial charge in [0.05, 0.1) is 17.3 Å². The van der Waals surface area contributed by atoms with Gasteiger partial charge in [-0.05, 0) is 37.6 Å². The standard InChI is InChI=1S/C19H16N4O2S/c1-9-6-13(10(2)26-9)17-16-15(11-4-3-5-12(24)7-11)14(8-20)18(21)25-19(16)23-22-17/h3-7,14-15,21,24H,1-2H3,(H,22,23). The molecule has 0 aliphatic carbocycles. The molecule has 3 N–H and O–H groups in total. The number of phenolic OH excluding ortho intramolecular Hbond substituents is 1. The molecule has 0 bridgehead atoms. The van der Waals surface area contributed by atoms with E-state index in [-0.39, 0.29) is 11.6 Å². The van der Waals surface area contributed by atoms with E-state index < -0.39 is 11.8 Å².